The normalized spacial score (nSPS) is 25.4. The summed E-state index contributed by atoms with van der Waals surface area (Å²) in [4.78, 5) is 14.0. The Balaban J connectivity index is 1.61. The third-order valence-corrected chi connectivity index (χ3v) is 5.28. The molecule has 1 spiro atoms. The van der Waals surface area contributed by atoms with E-state index in [0.29, 0.717) is 11.9 Å². The molecule has 0 N–H and O–H groups in total. The molecule has 0 aromatic carbocycles. The Morgan fingerprint density at radius 2 is 2.33 bits per heavy atom. The number of likely N-dealkylation sites (tertiary alicyclic amines) is 1. The molecule has 0 unspecified atom stereocenters. The van der Waals surface area contributed by atoms with Gasteiger partial charge in [0, 0.05) is 26.0 Å². The average molecular weight is 267 g/mol. The first-order chi connectivity index (χ1) is 8.62. The number of hydrogen-bond donors (Lipinski definition) is 0. The number of hydrogen-bond acceptors (Lipinski definition) is 4. The number of aryl methyl sites for hydroxylation is 1. The highest BCUT2D eigenvalue weighted by molar-refractivity contribution is 8.01. The van der Waals surface area contributed by atoms with Crippen LogP contribution < -0.4 is 0 Å². The standard InChI is InChI=1S/C13H17NO3S/c1-9-3-4-11(17-9)12(15)14-7-13(8-14)5-10(16-2)6-18-13/h3-4,10H,5-8H2,1-2H3/t10-/m0/s1. The third-order valence-electron chi connectivity index (χ3n) is 3.70. The second-order valence-electron chi connectivity index (χ2n) is 5.13. The van der Waals surface area contributed by atoms with Crippen molar-refractivity contribution in [3.05, 3.63) is 23.7 Å². The first kappa shape index (κ1) is 12.1. The second kappa shape index (κ2) is 4.31. The first-order valence-corrected chi connectivity index (χ1v) is 7.13. The molecule has 3 heterocycles. The van der Waals surface area contributed by atoms with Crippen LogP contribution in [0.4, 0.5) is 0 Å². The van der Waals surface area contributed by atoms with Gasteiger partial charge in [0.15, 0.2) is 5.76 Å². The number of methoxy groups -OCH3 is 1. The summed E-state index contributed by atoms with van der Waals surface area (Å²) in [5.74, 6) is 2.28. The molecule has 0 aliphatic carbocycles. The fourth-order valence-electron chi connectivity index (χ4n) is 2.67. The number of furan rings is 1. The van der Waals surface area contributed by atoms with E-state index in [1.54, 1.807) is 13.2 Å². The van der Waals surface area contributed by atoms with Crippen LogP contribution in [0.25, 0.3) is 0 Å². The summed E-state index contributed by atoms with van der Waals surface area (Å²) in [6, 6.07) is 3.58. The smallest absolute Gasteiger partial charge is 0.289 e. The highest BCUT2D eigenvalue weighted by Gasteiger charge is 2.51. The number of rotatable bonds is 2. The molecule has 4 nitrogen and oxygen atoms in total. The molecule has 1 amide bonds. The predicted molar refractivity (Wildman–Crippen MR) is 70.0 cm³/mol. The fourth-order valence-corrected chi connectivity index (χ4v) is 4.26. The van der Waals surface area contributed by atoms with Gasteiger partial charge in [0.2, 0.25) is 0 Å². The van der Waals surface area contributed by atoms with Crippen LogP contribution in [-0.4, -0.2) is 47.6 Å². The molecule has 3 rings (SSSR count). The van der Waals surface area contributed by atoms with Crippen LogP contribution in [-0.2, 0) is 4.74 Å². The molecule has 98 valence electrons. The second-order valence-corrected chi connectivity index (χ2v) is 6.62. The average Bonchev–Trinajstić information content (AvgIpc) is 2.92. The molecular formula is C13H17NO3S. The minimum absolute atomic E-state index is 0.00944. The first-order valence-electron chi connectivity index (χ1n) is 6.14. The maximum Gasteiger partial charge on any atom is 0.289 e. The highest BCUT2D eigenvalue weighted by Crippen LogP contribution is 2.46. The topological polar surface area (TPSA) is 42.7 Å². The lowest BCUT2D eigenvalue weighted by atomic mass is 9.92. The number of thioether (sulfide) groups is 1. The van der Waals surface area contributed by atoms with E-state index < -0.39 is 0 Å². The predicted octanol–water partition coefficient (Wildman–Crippen LogP) is 1.93. The number of carbonyl (C=O) groups is 1. The SMILES string of the molecule is CO[C@@H]1CSC2(C1)CN(C(=O)c1ccc(C)o1)C2. The van der Waals surface area contributed by atoms with Gasteiger partial charge in [0.1, 0.15) is 5.76 Å². The molecule has 1 aromatic rings. The summed E-state index contributed by atoms with van der Waals surface area (Å²) >= 11 is 1.94. The molecular weight excluding hydrogens is 250 g/mol. The van der Waals surface area contributed by atoms with Crippen molar-refractivity contribution in [1.82, 2.24) is 4.90 Å². The van der Waals surface area contributed by atoms with Crippen molar-refractivity contribution in [2.75, 3.05) is 26.0 Å². The maximum atomic E-state index is 12.1. The summed E-state index contributed by atoms with van der Waals surface area (Å²) in [6.07, 6.45) is 1.40. The van der Waals surface area contributed by atoms with Crippen molar-refractivity contribution in [1.29, 1.82) is 0 Å². The molecule has 0 bridgehead atoms. The van der Waals surface area contributed by atoms with Crippen LogP contribution in [0.3, 0.4) is 0 Å². The molecule has 18 heavy (non-hydrogen) atoms. The van der Waals surface area contributed by atoms with Crippen molar-refractivity contribution >= 4 is 17.7 Å². The molecule has 2 fully saturated rings. The number of ether oxygens (including phenoxy) is 1. The zero-order valence-corrected chi connectivity index (χ0v) is 11.5. The van der Waals surface area contributed by atoms with E-state index >= 15 is 0 Å². The Labute approximate surface area is 111 Å². The summed E-state index contributed by atoms with van der Waals surface area (Å²) in [5.41, 5.74) is 0. The fraction of sp³-hybridized carbons (Fsp3) is 0.615. The third kappa shape index (κ3) is 1.95. The van der Waals surface area contributed by atoms with E-state index in [9.17, 15) is 4.79 Å². The summed E-state index contributed by atoms with van der Waals surface area (Å²) in [7, 11) is 1.76. The molecule has 0 saturated carbocycles. The van der Waals surface area contributed by atoms with Crippen LogP contribution in [0, 0.1) is 6.92 Å². The number of amides is 1. The minimum Gasteiger partial charge on any atom is -0.456 e. The quantitative estimate of drug-likeness (QED) is 0.821. The Kier molecular flexibility index (Phi) is 2.90. The Hall–Kier alpha value is -0.940. The highest BCUT2D eigenvalue weighted by atomic mass is 32.2. The molecule has 0 radical (unpaired) electrons. The van der Waals surface area contributed by atoms with E-state index in [-0.39, 0.29) is 10.7 Å². The van der Waals surface area contributed by atoms with Crippen molar-refractivity contribution in [2.45, 2.75) is 24.2 Å². The van der Waals surface area contributed by atoms with Gasteiger partial charge in [-0.15, -0.1) is 11.8 Å². The molecule has 2 aliphatic heterocycles. The van der Waals surface area contributed by atoms with Gasteiger partial charge >= 0.3 is 0 Å². The van der Waals surface area contributed by atoms with Crippen molar-refractivity contribution in [3.63, 3.8) is 0 Å². The van der Waals surface area contributed by atoms with Gasteiger partial charge in [0.25, 0.3) is 5.91 Å². The lowest BCUT2D eigenvalue weighted by Crippen LogP contribution is -2.60. The van der Waals surface area contributed by atoms with Gasteiger partial charge in [-0.25, -0.2) is 0 Å². The van der Waals surface area contributed by atoms with E-state index in [0.717, 1.165) is 31.0 Å². The van der Waals surface area contributed by atoms with Gasteiger partial charge < -0.3 is 14.1 Å². The number of nitrogens with zero attached hydrogens (tertiary/aromatic N) is 1. The van der Waals surface area contributed by atoms with Crippen LogP contribution in [0.5, 0.6) is 0 Å². The molecule has 1 atom stereocenters. The lowest BCUT2D eigenvalue weighted by molar-refractivity contribution is 0.0424. The zero-order valence-electron chi connectivity index (χ0n) is 10.6. The zero-order chi connectivity index (χ0) is 12.8. The van der Waals surface area contributed by atoms with E-state index in [1.807, 2.05) is 29.7 Å². The Morgan fingerprint density at radius 1 is 1.56 bits per heavy atom. The summed E-state index contributed by atoms with van der Waals surface area (Å²) in [6.45, 7) is 3.48. The van der Waals surface area contributed by atoms with Crippen molar-refractivity contribution in [2.24, 2.45) is 0 Å². The van der Waals surface area contributed by atoms with E-state index in [2.05, 4.69) is 0 Å². The minimum atomic E-state index is 0.00944. The van der Waals surface area contributed by atoms with Crippen LogP contribution in [0.2, 0.25) is 0 Å². The molecule has 2 saturated heterocycles. The van der Waals surface area contributed by atoms with Crippen molar-refractivity contribution in [3.8, 4) is 0 Å². The monoisotopic (exact) mass is 267 g/mol. The maximum absolute atomic E-state index is 12.1. The van der Waals surface area contributed by atoms with Crippen LogP contribution >= 0.6 is 11.8 Å². The van der Waals surface area contributed by atoms with Gasteiger partial charge in [-0.1, -0.05) is 0 Å². The van der Waals surface area contributed by atoms with Crippen molar-refractivity contribution < 1.29 is 13.9 Å². The molecule has 5 heteroatoms. The summed E-state index contributed by atoms with van der Waals surface area (Å²) in [5, 5.41) is 0. The van der Waals surface area contributed by atoms with E-state index in [1.165, 1.54) is 0 Å². The van der Waals surface area contributed by atoms with Gasteiger partial charge in [-0.05, 0) is 25.5 Å². The Morgan fingerprint density at radius 3 is 2.89 bits per heavy atom. The molecule has 1 aromatic heterocycles. The van der Waals surface area contributed by atoms with Crippen LogP contribution in [0.1, 0.15) is 22.7 Å². The lowest BCUT2D eigenvalue weighted by Gasteiger charge is -2.47. The summed E-state index contributed by atoms with van der Waals surface area (Å²) < 4.78 is 11.0. The van der Waals surface area contributed by atoms with Gasteiger partial charge in [-0.2, -0.15) is 0 Å². The van der Waals surface area contributed by atoms with Crippen LogP contribution in [0.15, 0.2) is 16.5 Å². The van der Waals surface area contributed by atoms with Gasteiger partial charge in [0.05, 0.1) is 10.9 Å². The van der Waals surface area contributed by atoms with Gasteiger partial charge in [-0.3, -0.25) is 4.79 Å². The largest absolute Gasteiger partial charge is 0.456 e. The van der Waals surface area contributed by atoms with E-state index in [4.69, 9.17) is 9.15 Å². The molecule has 2 aliphatic rings. The number of carbonyl (C=O) groups excluding carboxylic acids is 1. The Bertz CT molecular complexity index is 465.